The van der Waals surface area contributed by atoms with Crippen LogP contribution in [0.5, 0.6) is 0 Å². The maximum atomic E-state index is 5.54. The monoisotopic (exact) mass is 148 g/mol. The number of halogens is 1. The molecule has 1 aliphatic heterocycles. The largest absolute Gasteiger partial charge is 0.396 e. The van der Waals surface area contributed by atoms with E-state index in [4.69, 9.17) is 17.3 Å². The van der Waals surface area contributed by atoms with Crippen LogP contribution in [0.3, 0.4) is 0 Å². The Kier molecular flexibility index (Phi) is 1.70. The molecule has 0 aromatic rings. The quantitative estimate of drug-likeness (QED) is 0.400. The van der Waals surface area contributed by atoms with Crippen LogP contribution in [0.2, 0.25) is 0 Å². The Bertz CT molecular complexity index is 152. The minimum absolute atomic E-state index is 0.512. The van der Waals surface area contributed by atoms with E-state index in [1.807, 2.05) is 5.41 Å². The van der Waals surface area contributed by atoms with E-state index in [-0.39, 0.29) is 0 Å². The van der Waals surface area contributed by atoms with Gasteiger partial charge < -0.3 is 10.5 Å². The van der Waals surface area contributed by atoms with Gasteiger partial charge in [0.15, 0.2) is 0 Å². The zero-order chi connectivity index (χ0) is 5.98. The molecular formula is C4H5ClN2S. The molecule has 0 atom stereocenters. The number of nitrogens with one attached hydrogen (secondary N) is 1. The van der Waals surface area contributed by atoms with Gasteiger partial charge in [0.25, 0.3) is 0 Å². The molecule has 0 radical (unpaired) electrons. The first kappa shape index (κ1) is 5.85. The molecule has 1 heterocycles. The van der Waals surface area contributed by atoms with E-state index < -0.39 is 0 Å². The fraction of sp³-hybridized carbons (Fsp3) is 0. The van der Waals surface area contributed by atoms with E-state index in [0.29, 0.717) is 10.9 Å². The second-order valence-electron chi connectivity index (χ2n) is 1.29. The Morgan fingerprint density at radius 2 is 2.50 bits per heavy atom. The van der Waals surface area contributed by atoms with Crippen molar-refractivity contribution in [2.24, 2.45) is 5.73 Å². The molecule has 0 fully saturated rings. The second kappa shape index (κ2) is 2.33. The van der Waals surface area contributed by atoms with Gasteiger partial charge in [-0.05, 0) is 23.4 Å². The van der Waals surface area contributed by atoms with E-state index in [0.717, 1.165) is 0 Å². The molecule has 0 aromatic heterocycles. The van der Waals surface area contributed by atoms with Crippen LogP contribution in [0.4, 0.5) is 0 Å². The van der Waals surface area contributed by atoms with Gasteiger partial charge in [-0.1, -0.05) is 11.6 Å². The second-order valence-corrected chi connectivity index (χ2v) is 2.38. The smallest absolute Gasteiger partial charge is 0.135 e. The van der Waals surface area contributed by atoms with E-state index in [1.54, 1.807) is 6.08 Å². The Hall–Kier alpha value is -0.280. The molecule has 0 amide bonds. The summed E-state index contributed by atoms with van der Waals surface area (Å²) < 4.78 is 2.78. The van der Waals surface area contributed by atoms with Gasteiger partial charge in [0.05, 0.1) is 5.70 Å². The molecule has 44 valence electrons. The van der Waals surface area contributed by atoms with Gasteiger partial charge >= 0.3 is 0 Å². The van der Waals surface area contributed by atoms with Gasteiger partial charge in [0.1, 0.15) is 5.16 Å². The molecule has 0 aromatic carbocycles. The summed E-state index contributed by atoms with van der Waals surface area (Å²) in [6.45, 7) is 0. The first-order chi connectivity index (χ1) is 3.80. The van der Waals surface area contributed by atoms with Gasteiger partial charge in [-0.25, -0.2) is 0 Å². The molecule has 3 N–H and O–H groups in total. The van der Waals surface area contributed by atoms with Crippen molar-refractivity contribution in [2.45, 2.75) is 0 Å². The third kappa shape index (κ3) is 1.11. The van der Waals surface area contributed by atoms with Crippen molar-refractivity contribution in [3.05, 3.63) is 22.3 Å². The summed E-state index contributed by atoms with van der Waals surface area (Å²) in [4.78, 5) is 0. The number of hydrogen-bond acceptors (Lipinski definition) is 3. The van der Waals surface area contributed by atoms with Gasteiger partial charge in [0.2, 0.25) is 0 Å². The summed E-state index contributed by atoms with van der Waals surface area (Å²) in [6.07, 6.45) is 1.75. The minimum Gasteiger partial charge on any atom is -0.396 e. The van der Waals surface area contributed by atoms with Crippen molar-refractivity contribution in [3.63, 3.8) is 0 Å². The van der Waals surface area contributed by atoms with Crippen LogP contribution in [-0.2, 0) is 0 Å². The lowest BCUT2D eigenvalue weighted by atomic mass is 10.5. The Labute approximate surface area is 56.9 Å². The molecule has 4 heteroatoms. The number of nitrogens with two attached hydrogens (primary N) is 1. The maximum Gasteiger partial charge on any atom is 0.135 e. The maximum absolute atomic E-state index is 5.54. The Balaban J connectivity index is 2.76. The average Bonchev–Trinajstić information content (AvgIpc) is 1.77. The van der Waals surface area contributed by atoms with E-state index >= 15 is 0 Å². The fourth-order valence-electron chi connectivity index (χ4n) is 0.325. The topological polar surface area (TPSA) is 38.0 Å². The lowest BCUT2D eigenvalue weighted by Gasteiger charge is -2.05. The first-order valence-corrected chi connectivity index (χ1v) is 3.30. The van der Waals surface area contributed by atoms with Crippen molar-refractivity contribution in [1.82, 2.24) is 4.72 Å². The highest BCUT2D eigenvalue weighted by molar-refractivity contribution is 8.00. The van der Waals surface area contributed by atoms with Crippen LogP contribution in [0, 0.1) is 0 Å². The molecule has 2 nitrogen and oxygen atoms in total. The number of hydrogen-bond donors (Lipinski definition) is 2. The molecule has 1 aliphatic rings. The molecule has 1 rings (SSSR count). The lowest BCUT2D eigenvalue weighted by Crippen LogP contribution is -2.08. The molecule has 0 spiro atoms. The van der Waals surface area contributed by atoms with Crippen molar-refractivity contribution in [2.75, 3.05) is 0 Å². The summed E-state index contributed by atoms with van der Waals surface area (Å²) in [7, 11) is 0. The summed E-state index contributed by atoms with van der Waals surface area (Å²) in [5.74, 6) is 0. The Morgan fingerprint density at radius 3 is 2.88 bits per heavy atom. The molecular weight excluding hydrogens is 144 g/mol. The molecule has 0 unspecified atom stereocenters. The molecule has 8 heavy (non-hydrogen) atoms. The lowest BCUT2D eigenvalue weighted by molar-refractivity contribution is 1.25. The van der Waals surface area contributed by atoms with E-state index in [9.17, 15) is 0 Å². The highest BCUT2D eigenvalue weighted by Crippen LogP contribution is 2.14. The number of allylic oxidation sites excluding steroid dienone is 1. The first-order valence-electron chi connectivity index (χ1n) is 2.04. The highest BCUT2D eigenvalue weighted by Gasteiger charge is 1.98. The molecule has 0 saturated carbocycles. The summed E-state index contributed by atoms with van der Waals surface area (Å²) in [5, 5.41) is 2.35. The van der Waals surface area contributed by atoms with Gasteiger partial charge in [-0.3, -0.25) is 0 Å². The van der Waals surface area contributed by atoms with Crippen molar-refractivity contribution in [1.29, 1.82) is 0 Å². The van der Waals surface area contributed by atoms with E-state index in [2.05, 4.69) is 4.72 Å². The Morgan fingerprint density at radius 1 is 1.75 bits per heavy atom. The van der Waals surface area contributed by atoms with Crippen LogP contribution in [0.15, 0.2) is 22.3 Å². The third-order valence-corrected chi connectivity index (χ3v) is 1.74. The SMILES string of the molecule is NC1=C(Cl)NSC=C1. The molecule has 0 aliphatic carbocycles. The predicted octanol–water partition coefficient (Wildman–Crippen LogP) is 1.12. The molecule has 0 bridgehead atoms. The molecule has 0 saturated heterocycles. The van der Waals surface area contributed by atoms with E-state index in [1.165, 1.54) is 11.9 Å². The predicted molar refractivity (Wildman–Crippen MR) is 36.9 cm³/mol. The van der Waals surface area contributed by atoms with Gasteiger partial charge in [-0.2, -0.15) is 0 Å². The van der Waals surface area contributed by atoms with Crippen molar-refractivity contribution in [3.8, 4) is 0 Å². The van der Waals surface area contributed by atoms with Crippen LogP contribution < -0.4 is 10.5 Å². The van der Waals surface area contributed by atoms with Crippen molar-refractivity contribution < 1.29 is 0 Å². The normalized spacial score (nSPS) is 18.6. The minimum atomic E-state index is 0.512. The summed E-state index contributed by atoms with van der Waals surface area (Å²) in [5.41, 5.74) is 5.95. The van der Waals surface area contributed by atoms with Crippen molar-refractivity contribution >= 4 is 23.5 Å². The number of rotatable bonds is 0. The zero-order valence-electron chi connectivity index (χ0n) is 4.02. The standard InChI is InChI=1S/C4H5ClN2S/c5-4-3(6)1-2-8-7-4/h1-2,7H,6H2. The van der Waals surface area contributed by atoms with Crippen LogP contribution in [0.1, 0.15) is 0 Å². The van der Waals surface area contributed by atoms with Gasteiger partial charge in [-0.15, -0.1) is 0 Å². The average molecular weight is 149 g/mol. The fourth-order valence-corrected chi connectivity index (χ4v) is 1.03. The zero-order valence-corrected chi connectivity index (χ0v) is 5.59. The van der Waals surface area contributed by atoms with Crippen LogP contribution in [-0.4, -0.2) is 0 Å². The highest BCUT2D eigenvalue weighted by atomic mass is 35.5. The summed E-state index contributed by atoms with van der Waals surface area (Å²) >= 11 is 6.94. The summed E-state index contributed by atoms with van der Waals surface area (Å²) in [6, 6.07) is 0. The van der Waals surface area contributed by atoms with Gasteiger partial charge in [0, 0.05) is 0 Å². The third-order valence-electron chi connectivity index (χ3n) is 0.718. The van der Waals surface area contributed by atoms with Crippen LogP contribution in [0.25, 0.3) is 0 Å². The van der Waals surface area contributed by atoms with Crippen LogP contribution >= 0.6 is 23.5 Å².